The van der Waals surface area contributed by atoms with Gasteiger partial charge < -0.3 is 4.74 Å². The highest BCUT2D eigenvalue weighted by Crippen LogP contribution is 2.05. The molecule has 2 heterocycles. The van der Waals surface area contributed by atoms with Crippen molar-refractivity contribution >= 4 is 11.9 Å². The van der Waals surface area contributed by atoms with Crippen molar-refractivity contribution in [2.75, 3.05) is 12.4 Å². The molecule has 2 aromatic heterocycles. The molecule has 0 aliphatic rings. The zero-order valence-corrected chi connectivity index (χ0v) is 8.47. The molecular weight excluding hydrogens is 210 g/mol. The lowest BCUT2D eigenvalue weighted by atomic mass is 10.3. The van der Waals surface area contributed by atoms with Crippen LogP contribution in [0.4, 0.5) is 5.95 Å². The van der Waals surface area contributed by atoms with Crippen LogP contribution in [0.15, 0.2) is 24.4 Å². The molecule has 0 saturated carbocycles. The first-order chi connectivity index (χ1) is 7.79. The third kappa shape index (κ3) is 2.14. The number of carbonyl (C=O) groups excluding carboxylic acids is 1. The van der Waals surface area contributed by atoms with Crippen LogP contribution in [0.2, 0.25) is 0 Å². The predicted octanol–water partition coefficient (Wildman–Crippen LogP) is 0.461. The van der Waals surface area contributed by atoms with E-state index in [-0.39, 0.29) is 17.9 Å². The summed E-state index contributed by atoms with van der Waals surface area (Å²) in [5, 5.41) is 8.70. The molecule has 0 saturated heterocycles. The van der Waals surface area contributed by atoms with Gasteiger partial charge in [-0.1, -0.05) is 6.07 Å². The Morgan fingerprint density at radius 3 is 3.00 bits per heavy atom. The second-order valence-electron chi connectivity index (χ2n) is 2.84. The summed E-state index contributed by atoms with van der Waals surface area (Å²) in [7, 11) is 1.44. The number of methoxy groups -OCH3 is 1. The molecular formula is C9H9N5O2. The van der Waals surface area contributed by atoms with E-state index in [1.54, 1.807) is 18.2 Å². The van der Waals surface area contributed by atoms with Crippen molar-refractivity contribution in [3.05, 3.63) is 30.1 Å². The Hall–Kier alpha value is -2.44. The van der Waals surface area contributed by atoms with Crippen LogP contribution in [0.5, 0.6) is 6.01 Å². The fourth-order valence-electron chi connectivity index (χ4n) is 1.06. The molecule has 2 rings (SSSR count). The number of carbonyl (C=O) groups is 1. The van der Waals surface area contributed by atoms with E-state index in [2.05, 4.69) is 25.5 Å². The summed E-state index contributed by atoms with van der Waals surface area (Å²) in [4.78, 5) is 19.4. The van der Waals surface area contributed by atoms with Crippen LogP contribution in [0, 0.1) is 0 Å². The summed E-state index contributed by atoms with van der Waals surface area (Å²) in [6.45, 7) is 0. The number of aromatic amines is 1. The van der Waals surface area contributed by atoms with Crippen molar-refractivity contribution in [1.29, 1.82) is 0 Å². The number of aromatic nitrogens is 4. The molecule has 0 unspecified atom stereocenters. The maximum atomic E-state index is 11.6. The molecule has 0 radical (unpaired) electrons. The molecule has 7 nitrogen and oxygen atoms in total. The number of anilines is 1. The average Bonchev–Trinajstić information content (AvgIpc) is 2.78. The van der Waals surface area contributed by atoms with Gasteiger partial charge in [0.25, 0.3) is 5.91 Å². The van der Waals surface area contributed by atoms with Crippen molar-refractivity contribution in [1.82, 2.24) is 20.2 Å². The van der Waals surface area contributed by atoms with Crippen molar-refractivity contribution in [2.45, 2.75) is 0 Å². The number of hydrogen-bond donors (Lipinski definition) is 2. The number of H-pyrrole nitrogens is 1. The number of ether oxygens (including phenoxy) is 1. The highest BCUT2D eigenvalue weighted by atomic mass is 16.5. The minimum atomic E-state index is -0.362. The van der Waals surface area contributed by atoms with Gasteiger partial charge >= 0.3 is 6.01 Å². The summed E-state index contributed by atoms with van der Waals surface area (Å²) in [6.07, 6.45) is 1.54. The van der Waals surface area contributed by atoms with Gasteiger partial charge in [-0.2, -0.15) is 4.98 Å². The first-order valence-electron chi connectivity index (χ1n) is 4.48. The van der Waals surface area contributed by atoms with Gasteiger partial charge in [-0.15, -0.1) is 5.10 Å². The van der Waals surface area contributed by atoms with E-state index in [0.717, 1.165) is 0 Å². The van der Waals surface area contributed by atoms with Gasteiger partial charge in [0.1, 0.15) is 5.69 Å². The van der Waals surface area contributed by atoms with E-state index in [9.17, 15) is 4.79 Å². The van der Waals surface area contributed by atoms with Crippen LogP contribution >= 0.6 is 0 Å². The van der Waals surface area contributed by atoms with Gasteiger partial charge in [-0.25, -0.2) is 5.10 Å². The molecule has 82 valence electrons. The number of nitrogens with one attached hydrogen (secondary N) is 2. The lowest BCUT2D eigenvalue weighted by Gasteiger charge is -1.98. The smallest absolute Gasteiger partial charge is 0.336 e. The average molecular weight is 219 g/mol. The number of amides is 1. The fourth-order valence-corrected chi connectivity index (χ4v) is 1.06. The molecule has 0 spiro atoms. The lowest BCUT2D eigenvalue weighted by molar-refractivity contribution is 0.102. The molecule has 0 fully saturated rings. The van der Waals surface area contributed by atoms with Gasteiger partial charge in [-0.05, 0) is 12.1 Å². The Kier molecular flexibility index (Phi) is 2.77. The van der Waals surface area contributed by atoms with Gasteiger partial charge in [0.15, 0.2) is 0 Å². The molecule has 16 heavy (non-hydrogen) atoms. The Balaban J connectivity index is 2.08. The second kappa shape index (κ2) is 4.39. The molecule has 0 aliphatic heterocycles. The zero-order chi connectivity index (χ0) is 11.4. The molecule has 0 aliphatic carbocycles. The Morgan fingerprint density at radius 1 is 1.50 bits per heavy atom. The van der Waals surface area contributed by atoms with Crippen molar-refractivity contribution in [3.8, 4) is 6.01 Å². The van der Waals surface area contributed by atoms with Crippen LogP contribution < -0.4 is 10.1 Å². The number of hydrogen-bond acceptors (Lipinski definition) is 5. The van der Waals surface area contributed by atoms with E-state index >= 15 is 0 Å². The quantitative estimate of drug-likeness (QED) is 0.782. The summed E-state index contributed by atoms with van der Waals surface area (Å²) >= 11 is 0. The molecule has 0 bridgehead atoms. The van der Waals surface area contributed by atoms with E-state index in [0.29, 0.717) is 5.69 Å². The molecule has 7 heteroatoms. The molecule has 0 atom stereocenters. The van der Waals surface area contributed by atoms with Crippen molar-refractivity contribution in [2.24, 2.45) is 0 Å². The fraction of sp³-hybridized carbons (Fsp3) is 0.111. The van der Waals surface area contributed by atoms with Crippen LogP contribution in [0.1, 0.15) is 10.5 Å². The number of rotatable bonds is 3. The molecule has 2 aromatic rings. The third-order valence-electron chi connectivity index (χ3n) is 1.78. The topological polar surface area (TPSA) is 92.8 Å². The summed E-state index contributed by atoms with van der Waals surface area (Å²) in [5.41, 5.74) is 0.304. The Bertz CT molecular complexity index is 482. The van der Waals surface area contributed by atoms with E-state index < -0.39 is 0 Å². The Morgan fingerprint density at radius 2 is 2.38 bits per heavy atom. The van der Waals surface area contributed by atoms with Crippen LogP contribution in [-0.2, 0) is 0 Å². The van der Waals surface area contributed by atoms with Crippen LogP contribution in [-0.4, -0.2) is 33.2 Å². The number of nitrogens with zero attached hydrogens (tertiary/aromatic N) is 3. The predicted molar refractivity (Wildman–Crippen MR) is 55.1 cm³/mol. The molecule has 2 N–H and O–H groups in total. The van der Waals surface area contributed by atoms with Gasteiger partial charge in [0, 0.05) is 6.20 Å². The minimum absolute atomic E-state index is 0.163. The Labute approximate surface area is 90.9 Å². The number of pyridine rings is 1. The minimum Gasteiger partial charge on any atom is -0.466 e. The summed E-state index contributed by atoms with van der Waals surface area (Å²) in [6, 6.07) is 5.22. The van der Waals surface area contributed by atoms with Crippen molar-refractivity contribution in [3.63, 3.8) is 0 Å². The highest BCUT2D eigenvalue weighted by molar-refractivity contribution is 6.01. The molecule has 1 amide bonds. The van der Waals surface area contributed by atoms with E-state index in [4.69, 9.17) is 4.74 Å². The normalized spacial score (nSPS) is 9.81. The monoisotopic (exact) mass is 219 g/mol. The summed E-state index contributed by atoms with van der Waals surface area (Å²) in [5.74, 6) is -0.146. The maximum Gasteiger partial charge on any atom is 0.336 e. The maximum absolute atomic E-state index is 11.6. The van der Waals surface area contributed by atoms with E-state index in [1.165, 1.54) is 13.3 Å². The first kappa shape index (κ1) is 10.1. The SMILES string of the molecule is COc1n[nH]c(NC(=O)c2ccccn2)n1. The third-order valence-corrected chi connectivity index (χ3v) is 1.78. The molecule has 0 aromatic carbocycles. The largest absolute Gasteiger partial charge is 0.466 e. The summed E-state index contributed by atoms with van der Waals surface area (Å²) < 4.78 is 4.76. The first-order valence-corrected chi connectivity index (χ1v) is 4.48. The van der Waals surface area contributed by atoms with Crippen molar-refractivity contribution < 1.29 is 9.53 Å². The zero-order valence-electron chi connectivity index (χ0n) is 8.47. The standard InChI is InChI=1S/C9H9N5O2/c1-16-9-12-8(13-14-9)11-7(15)6-4-2-3-5-10-6/h2-5H,1H3,(H2,11,12,13,14,15). The van der Waals surface area contributed by atoms with E-state index in [1.807, 2.05) is 0 Å². The lowest BCUT2D eigenvalue weighted by Crippen LogP contribution is -2.14. The van der Waals surface area contributed by atoms with Gasteiger partial charge in [0.2, 0.25) is 5.95 Å². The second-order valence-corrected chi connectivity index (χ2v) is 2.84. The van der Waals surface area contributed by atoms with Gasteiger partial charge in [-0.3, -0.25) is 15.1 Å². The van der Waals surface area contributed by atoms with Crippen LogP contribution in [0.25, 0.3) is 0 Å². The van der Waals surface area contributed by atoms with Gasteiger partial charge in [0.05, 0.1) is 7.11 Å². The highest BCUT2D eigenvalue weighted by Gasteiger charge is 2.09. The van der Waals surface area contributed by atoms with Crippen LogP contribution in [0.3, 0.4) is 0 Å².